The molecule has 0 aliphatic carbocycles. The lowest BCUT2D eigenvalue weighted by atomic mass is 10.2. The second kappa shape index (κ2) is 5.57. The van der Waals surface area contributed by atoms with E-state index in [2.05, 4.69) is 18.8 Å². The van der Waals surface area contributed by atoms with Crippen molar-refractivity contribution >= 4 is 17.0 Å². The van der Waals surface area contributed by atoms with Gasteiger partial charge in [-0.05, 0) is 24.5 Å². The van der Waals surface area contributed by atoms with Crippen LogP contribution in [0.15, 0.2) is 12.1 Å². The number of aromatic nitrogens is 2. The summed E-state index contributed by atoms with van der Waals surface area (Å²) in [5.74, 6) is 0.648. The van der Waals surface area contributed by atoms with Crippen molar-refractivity contribution in [2.24, 2.45) is 5.92 Å². The molecule has 2 rings (SSSR count). The monoisotopic (exact) mass is 265 g/mol. The van der Waals surface area contributed by atoms with E-state index in [4.69, 9.17) is 10.5 Å². The SMILES string of the molecule is Cc1cc2c(cc1F)nc(N)n2CCOCC(C)C. The smallest absolute Gasteiger partial charge is 0.201 e. The van der Waals surface area contributed by atoms with Crippen molar-refractivity contribution in [3.05, 3.63) is 23.5 Å². The fourth-order valence-corrected chi connectivity index (χ4v) is 1.98. The van der Waals surface area contributed by atoms with Gasteiger partial charge in [0.05, 0.1) is 17.6 Å². The first-order chi connectivity index (χ1) is 8.99. The van der Waals surface area contributed by atoms with E-state index in [1.165, 1.54) is 6.07 Å². The predicted octanol–water partition coefficient (Wildman–Crippen LogP) is 2.74. The Morgan fingerprint density at radius 3 is 2.84 bits per heavy atom. The summed E-state index contributed by atoms with van der Waals surface area (Å²) in [6.07, 6.45) is 0. The maximum Gasteiger partial charge on any atom is 0.201 e. The number of benzene rings is 1. The lowest BCUT2D eigenvalue weighted by Gasteiger charge is -2.09. The Morgan fingerprint density at radius 2 is 2.16 bits per heavy atom. The van der Waals surface area contributed by atoms with E-state index >= 15 is 0 Å². The average Bonchev–Trinajstić information content (AvgIpc) is 2.61. The molecule has 4 nitrogen and oxygen atoms in total. The highest BCUT2D eigenvalue weighted by molar-refractivity contribution is 5.79. The second-order valence-electron chi connectivity index (χ2n) is 5.18. The first-order valence-corrected chi connectivity index (χ1v) is 6.48. The summed E-state index contributed by atoms with van der Waals surface area (Å²) in [4.78, 5) is 4.17. The number of fused-ring (bicyclic) bond motifs is 1. The van der Waals surface area contributed by atoms with Crippen LogP contribution >= 0.6 is 0 Å². The number of nitrogens with two attached hydrogens (primary N) is 1. The summed E-state index contributed by atoms with van der Waals surface area (Å²) >= 11 is 0. The van der Waals surface area contributed by atoms with Crippen LogP contribution in [0.4, 0.5) is 10.3 Å². The summed E-state index contributed by atoms with van der Waals surface area (Å²) in [5, 5.41) is 0. The fourth-order valence-electron chi connectivity index (χ4n) is 1.98. The summed E-state index contributed by atoms with van der Waals surface area (Å²) in [7, 11) is 0. The molecule has 0 aliphatic rings. The topological polar surface area (TPSA) is 53.1 Å². The Balaban J connectivity index is 2.18. The van der Waals surface area contributed by atoms with Gasteiger partial charge in [0.1, 0.15) is 5.82 Å². The number of nitrogens with zero attached hydrogens (tertiary/aromatic N) is 2. The molecule has 104 valence electrons. The Bertz CT molecular complexity index is 578. The van der Waals surface area contributed by atoms with E-state index in [0.717, 1.165) is 12.1 Å². The Morgan fingerprint density at radius 1 is 1.42 bits per heavy atom. The molecule has 0 aliphatic heterocycles. The standard InChI is InChI=1S/C14H20FN3O/c1-9(2)8-19-5-4-18-13-6-10(3)11(15)7-12(13)17-14(18)16/h6-7,9H,4-5,8H2,1-3H3,(H2,16,17). The second-order valence-corrected chi connectivity index (χ2v) is 5.18. The van der Waals surface area contributed by atoms with E-state index in [0.29, 0.717) is 36.1 Å². The molecule has 0 fully saturated rings. The molecule has 0 radical (unpaired) electrons. The van der Waals surface area contributed by atoms with Gasteiger partial charge >= 0.3 is 0 Å². The van der Waals surface area contributed by atoms with Crippen molar-refractivity contribution in [2.75, 3.05) is 18.9 Å². The van der Waals surface area contributed by atoms with Gasteiger partial charge < -0.3 is 15.0 Å². The number of hydrogen-bond donors (Lipinski definition) is 1. The van der Waals surface area contributed by atoms with Crippen LogP contribution in [0.25, 0.3) is 11.0 Å². The molecule has 2 N–H and O–H groups in total. The van der Waals surface area contributed by atoms with E-state index in [-0.39, 0.29) is 5.82 Å². The predicted molar refractivity (Wildman–Crippen MR) is 74.5 cm³/mol. The van der Waals surface area contributed by atoms with E-state index in [9.17, 15) is 4.39 Å². The zero-order chi connectivity index (χ0) is 14.0. The first kappa shape index (κ1) is 13.8. The zero-order valence-electron chi connectivity index (χ0n) is 11.6. The maximum atomic E-state index is 13.5. The third-order valence-electron chi connectivity index (χ3n) is 2.97. The van der Waals surface area contributed by atoms with Crippen LogP contribution in [0.5, 0.6) is 0 Å². The average molecular weight is 265 g/mol. The lowest BCUT2D eigenvalue weighted by Crippen LogP contribution is -2.11. The molecule has 0 spiro atoms. The molecule has 19 heavy (non-hydrogen) atoms. The van der Waals surface area contributed by atoms with Crippen molar-refractivity contribution in [3.8, 4) is 0 Å². The van der Waals surface area contributed by atoms with E-state index < -0.39 is 0 Å². The molecule has 1 heterocycles. The van der Waals surface area contributed by atoms with Gasteiger partial charge in [0.25, 0.3) is 0 Å². The number of aryl methyl sites for hydroxylation is 1. The number of imidazole rings is 1. The van der Waals surface area contributed by atoms with Crippen molar-refractivity contribution in [1.82, 2.24) is 9.55 Å². The van der Waals surface area contributed by atoms with Gasteiger partial charge in [-0.25, -0.2) is 9.37 Å². The molecule has 2 aromatic rings. The maximum absolute atomic E-state index is 13.5. The third kappa shape index (κ3) is 3.04. The zero-order valence-corrected chi connectivity index (χ0v) is 11.6. The Kier molecular flexibility index (Phi) is 4.04. The number of nitrogen functional groups attached to an aromatic ring is 1. The highest BCUT2D eigenvalue weighted by Gasteiger charge is 2.10. The Labute approximate surface area is 112 Å². The Hall–Kier alpha value is -1.62. The fraction of sp³-hybridized carbons (Fsp3) is 0.500. The van der Waals surface area contributed by atoms with Gasteiger partial charge in [-0.2, -0.15) is 0 Å². The molecule has 1 aromatic heterocycles. The van der Waals surface area contributed by atoms with Crippen LogP contribution in [-0.2, 0) is 11.3 Å². The molecular formula is C14H20FN3O. The van der Waals surface area contributed by atoms with Crippen molar-refractivity contribution in [1.29, 1.82) is 0 Å². The summed E-state index contributed by atoms with van der Waals surface area (Å²) in [6, 6.07) is 3.20. The van der Waals surface area contributed by atoms with Crippen LogP contribution in [0, 0.1) is 18.7 Å². The molecular weight excluding hydrogens is 245 g/mol. The van der Waals surface area contributed by atoms with Crippen LogP contribution < -0.4 is 5.73 Å². The third-order valence-corrected chi connectivity index (χ3v) is 2.97. The number of ether oxygens (including phenoxy) is 1. The molecule has 5 heteroatoms. The van der Waals surface area contributed by atoms with Gasteiger partial charge in [0, 0.05) is 19.2 Å². The van der Waals surface area contributed by atoms with E-state index in [1.807, 2.05) is 4.57 Å². The van der Waals surface area contributed by atoms with Crippen molar-refractivity contribution in [3.63, 3.8) is 0 Å². The first-order valence-electron chi connectivity index (χ1n) is 6.48. The van der Waals surface area contributed by atoms with E-state index in [1.54, 1.807) is 13.0 Å². The summed E-state index contributed by atoms with van der Waals surface area (Å²) in [6.45, 7) is 7.86. The summed E-state index contributed by atoms with van der Waals surface area (Å²) in [5.41, 5.74) is 7.90. The quantitative estimate of drug-likeness (QED) is 0.846. The molecule has 0 saturated carbocycles. The van der Waals surface area contributed by atoms with Crippen LogP contribution in [-0.4, -0.2) is 22.8 Å². The molecule has 0 atom stereocenters. The number of hydrogen-bond acceptors (Lipinski definition) is 3. The lowest BCUT2D eigenvalue weighted by molar-refractivity contribution is 0.104. The highest BCUT2D eigenvalue weighted by Crippen LogP contribution is 2.21. The molecule has 0 amide bonds. The van der Waals surface area contributed by atoms with Crippen LogP contribution in [0.2, 0.25) is 0 Å². The van der Waals surface area contributed by atoms with Gasteiger partial charge in [0.2, 0.25) is 5.95 Å². The van der Waals surface area contributed by atoms with Crippen molar-refractivity contribution in [2.45, 2.75) is 27.3 Å². The number of halogens is 1. The largest absolute Gasteiger partial charge is 0.379 e. The van der Waals surface area contributed by atoms with Gasteiger partial charge in [-0.3, -0.25) is 0 Å². The van der Waals surface area contributed by atoms with Crippen molar-refractivity contribution < 1.29 is 9.13 Å². The number of anilines is 1. The molecule has 0 bridgehead atoms. The normalized spacial score (nSPS) is 11.6. The van der Waals surface area contributed by atoms with Gasteiger partial charge in [-0.15, -0.1) is 0 Å². The summed E-state index contributed by atoms with van der Waals surface area (Å²) < 4.78 is 20.9. The molecule has 0 unspecified atom stereocenters. The molecule has 0 saturated heterocycles. The highest BCUT2D eigenvalue weighted by atomic mass is 19.1. The van der Waals surface area contributed by atoms with Gasteiger partial charge in [0.15, 0.2) is 0 Å². The van der Waals surface area contributed by atoms with Crippen LogP contribution in [0.3, 0.4) is 0 Å². The van der Waals surface area contributed by atoms with Crippen LogP contribution in [0.1, 0.15) is 19.4 Å². The minimum Gasteiger partial charge on any atom is -0.379 e. The minimum atomic E-state index is -0.256. The number of rotatable bonds is 5. The van der Waals surface area contributed by atoms with Gasteiger partial charge in [-0.1, -0.05) is 13.8 Å². The minimum absolute atomic E-state index is 0.256. The molecule has 1 aromatic carbocycles.